The Hall–Kier alpha value is -2.06. The van der Waals surface area contributed by atoms with Gasteiger partial charge in [-0.25, -0.2) is 4.79 Å². The Morgan fingerprint density at radius 3 is 3.05 bits per heavy atom. The van der Waals surface area contributed by atoms with E-state index in [1.165, 1.54) is 6.07 Å². The number of hydrogen-bond donors (Lipinski definition) is 1. The van der Waals surface area contributed by atoms with Crippen molar-refractivity contribution in [3.63, 3.8) is 0 Å². The predicted octanol–water partition coefficient (Wildman–Crippen LogP) is 2.26. The van der Waals surface area contributed by atoms with Crippen LogP contribution < -0.4 is 4.90 Å². The molecule has 106 valence electrons. The van der Waals surface area contributed by atoms with Crippen LogP contribution in [-0.4, -0.2) is 36.9 Å². The van der Waals surface area contributed by atoms with Crippen molar-refractivity contribution in [1.29, 1.82) is 5.26 Å². The highest BCUT2D eigenvalue weighted by Crippen LogP contribution is 2.26. The lowest BCUT2D eigenvalue weighted by atomic mass is 10.0. The molecule has 1 atom stereocenters. The van der Waals surface area contributed by atoms with Crippen molar-refractivity contribution in [1.82, 2.24) is 0 Å². The minimum absolute atomic E-state index is 0.142. The summed E-state index contributed by atoms with van der Waals surface area (Å²) in [7, 11) is 0. The summed E-state index contributed by atoms with van der Waals surface area (Å²) in [6.45, 7) is 4.27. The van der Waals surface area contributed by atoms with E-state index < -0.39 is 5.97 Å². The molecule has 0 spiro atoms. The third-order valence-corrected chi connectivity index (χ3v) is 3.49. The van der Waals surface area contributed by atoms with E-state index in [-0.39, 0.29) is 11.7 Å². The number of nitrogens with zero attached hydrogens (tertiary/aromatic N) is 2. The van der Waals surface area contributed by atoms with Gasteiger partial charge in [-0.1, -0.05) is 0 Å². The topological polar surface area (TPSA) is 73.6 Å². The number of carbonyl (C=O) groups is 1. The maximum atomic E-state index is 11.0. The molecule has 1 aromatic carbocycles. The van der Waals surface area contributed by atoms with Crippen LogP contribution >= 0.6 is 0 Å². The lowest BCUT2D eigenvalue weighted by molar-refractivity contribution is 0.0526. The average Bonchev–Trinajstić information content (AvgIpc) is 2.47. The van der Waals surface area contributed by atoms with Gasteiger partial charge in [-0.2, -0.15) is 5.26 Å². The molecule has 1 aliphatic rings. The van der Waals surface area contributed by atoms with E-state index >= 15 is 0 Å². The lowest BCUT2D eigenvalue weighted by Crippen LogP contribution is -2.40. The Bertz CT molecular complexity index is 534. The number of anilines is 1. The first kappa shape index (κ1) is 14.4. The Balaban J connectivity index is 2.23. The number of carboxylic acid groups (broad SMARTS) is 1. The zero-order valence-corrected chi connectivity index (χ0v) is 11.5. The first-order valence-corrected chi connectivity index (χ1v) is 6.79. The number of piperidine rings is 1. The van der Waals surface area contributed by atoms with Crippen LogP contribution in [0.3, 0.4) is 0 Å². The summed E-state index contributed by atoms with van der Waals surface area (Å²) in [6.07, 6.45) is 2.22. The Labute approximate surface area is 118 Å². The number of carboxylic acids is 1. The first-order valence-electron chi connectivity index (χ1n) is 6.79. The summed E-state index contributed by atoms with van der Waals surface area (Å²) in [4.78, 5) is 13.1. The van der Waals surface area contributed by atoms with Crippen molar-refractivity contribution < 1.29 is 14.6 Å². The molecule has 1 heterocycles. The molecule has 0 amide bonds. The maximum Gasteiger partial charge on any atom is 0.335 e. The van der Waals surface area contributed by atoms with Crippen molar-refractivity contribution in [2.75, 3.05) is 24.6 Å². The molecular formula is C15H18N2O3. The van der Waals surface area contributed by atoms with Gasteiger partial charge in [0.15, 0.2) is 0 Å². The number of ether oxygens (including phenoxy) is 1. The molecule has 0 aliphatic carbocycles. The quantitative estimate of drug-likeness (QED) is 0.911. The summed E-state index contributed by atoms with van der Waals surface area (Å²) >= 11 is 0. The summed E-state index contributed by atoms with van der Waals surface area (Å²) in [5.41, 5.74) is 1.34. The zero-order chi connectivity index (χ0) is 14.5. The highest BCUT2D eigenvalue weighted by Gasteiger charge is 2.22. The number of nitriles is 1. The Morgan fingerprint density at radius 2 is 2.40 bits per heavy atom. The summed E-state index contributed by atoms with van der Waals surface area (Å²) < 4.78 is 5.65. The first-order chi connectivity index (χ1) is 9.65. The third kappa shape index (κ3) is 3.09. The third-order valence-electron chi connectivity index (χ3n) is 3.49. The van der Waals surface area contributed by atoms with Crippen LogP contribution in [0.4, 0.5) is 5.69 Å². The molecule has 1 aromatic rings. The molecule has 1 N–H and O–H groups in total. The Morgan fingerprint density at radius 1 is 1.60 bits per heavy atom. The fourth-order valence-corrected chi connectivity index (χ4v) is 2.56. The van der Waals surface area contributed by atoms with Gasteiger partial charge in [0.05, 0.1) is 22.9 Å². The van der Waals surface area contributed by atoms with Crippen LogP contribution in [0.25, 0.3) is 0 Å². The minimum atomic E-state index is -1.01. The van der Waals surface area contributed by atoms with Crippen molar-refractivity contribution >= 4 is 11.7 Å². The van der Waals surface area contributed by atoms with Gasteiger partial charge in [0, 0.05) is 19.7 Å². The normalized spacial score (nSPS) is 18.6. The molecule has 0 bridgehead atoms. The molecule has 1 aliphatic heterocycles. The van der Waals surface area contributed by atoms with E-state index in [2.05, 4.69) is 11.0 Å². The summed E-state index contributed by atoms with van der Waals surface area (Å²) in [6, 6.07) is 6.78. The van der Waals surface area contributed by atoms with Gasteiger partial charge < -0.3 is 14.7 Å². The van der Waals surface area contributed by atoms with Crippen LogP contribution in [0.15, 0.2) is 18.2 Å². The van der Waals surface area contributed by atoms with E-state index in [4.69, 9.17) is 9.84 Å². The molecule has 20 heavy (non-hydrogen) atoms. The highest BCUT2D eigenvalue weighted by atomic mass is 16.5. The van der Waals surface area contributed by atoms with Crippen molar-refractivity contribution in [2.45, 2.75) is 25.9 Å². The van der Waals surface area contributed by atoms with Gasteiger partial charge in [0.1, 0.15) is 6.07 Å². The van der Waals surface area contributed by atoms with Gasteiger partial charge >= 0.3 is 5.97 Å². The van der Waals surface area contributed by atoms with Crippen LogP contribution in [0.5, 0.6) is 0 Å². The number of rotatable bonds is 4. The van der Waals surface area contributed by atoms with Gasteiger partial charge in [-0.05, 0) is 38.0 Å². The number of benzene rings is 1. The Kier molecular flexibility index (Phi) is 4.59. The predicted molar refractivity (Wildman–Crippen MR) is 75.0 cm³/mol. The van der Waals surface area contributed by atoms with E-state index in [9.17, 15) is 10.1 Å². The molecule has 1 unspecified atom stereocenters. The molecule has 5 heteroatoms. The second-order valence-electron chi connectivity index (χ2n) is 4.81. The molecule has 2 rings (SSSR count). The molecule has 1 saturated heterocycles. The smallest absolute Gasteiger partial charge is 0.335 e. The molecule has 0 radical (unpaired) electrons. The van der Waals surface area contributed by atoms with E-state index in [1.54, 1.807) is 12.1 Å². The van der Waals surface area contributed by atoms with Crippen molar-refractivity contribution in [3.8, 4) is 6.07 Å². The maximum absolute atomic E-state index is 11.0. The van der Waals surface area contributed by atoms with Gasteiger partial charge in [0.25, 0.3) is 0 Å². The molecule has 0 aromatic heterocycles. The number of aromatic carboxylic acids is 1. The summed E-state index contributed by atoms with van der Waals surface area (Å²) in [5.74, 6) is -1.01. The van der Waals surface area contributed by atoms with Crippen LogP contribution in [0.2, 0.25) is 0 Å². The van der Waals surface area contributed by atoms with Crippen LogP contribution in [-0.2, 0) is 4.74 Å². The number of hydrogen-bond acceptors (Lipinski definition) is 4. The molecule has 0 saturated carbocycles. The highest BCUT2D eigenvalue weighted by molar-refractivity contribution is 5.89. The lowest BCUT2D eigenvalue weighted by Gasteiger charge is -2.34. The average molecular weight is 274 g/mol. The largest absolute Gasteiger partial charge is 0.478 e. The van der Waals surface area contributed by atoms with E-state index in [0.29, 0.717) is 12.2 Å². The zero-order valence-electron chi connectivity index (χ0n) is 11.5. The SMILES string of the molecule is CCOC1CCCN(c2ccc(C(=O)O)cc2C#N)C1. The van der Waals surface area contributed by atoms with Gasteiger partial charge in [0.2, 0.25) is 0 Å². The van der Waals surface area contributed by atoms with E-state index in [1.807, 2.05) is 6.92 Å². The molecular weight excluding hydrogens is 256 g/mol. The molecule has 1 fully saturated rings. The van der Waals surface area contributed by atoms with Crippen LogP contribution in [0.1, 0.15) is 35.7 Å². The minimum Gasteiger partial charge on any atom is -0.478 e. The monoisotopic (exact) mass is 274 g/mol. The van der Waals surface area contributed by atoms with Gasteiger partial charge in [-0.3, -0.25) is 0 Å². The second-order valence-corrected chi connectivity index (χ2v) is 4.81. The fourth-order valence-electron chi connectivity index (χ4n) is 2.56. The van der Waals surface area contributed by atoms with Gasteiger partial charge in [-0.15, -0.1) is 0 Å². The fraction of sp³-hybridized carbons (Fsp3) is 0.467. The molecule has 5 nitrogen and oxygen atoms in total. The standard InChI is InChI=1S/C15H18N2O3/c1-2-20-13-4-3-7-17(10-13)14-6-5-11(15(18)19)8-12(14)9-16/h5-6,8,13H,2-4,7,10H2,1H3,(H,18,19). The second kappa shape index (κ2) is 6.40. The van der Waals surface area contributed by atoms with Crippen molar-refractivity contribution in [3.05, 3.63) is 29.3 Å². The van der Waals surface area contributed by atoms with Crippen molar-refractivity contribution in [2.24, 2.45) is 0 Å². The summed E-state index contributed by atoms with van der Waals surface area (Å²) in [5, 5.41) is 18.2. The van der Waals surface area contributed by atoms with Crippen LogP contribution in [0, 0.1) is 11.3 Å². The van der Waals surface area contributed by atoms with E-state index in [0.717, 1.165) is 31.6 Å².